The van der Waals surface area contributed by atoms with E-state index >= 15 is 0 Å². The van der Waals surface area contributed by atoms with Crippen LogP contribution >= 0.6 is 0 Å². The normalized spacial score (nSPS) is 33.7. The Morgan fingerprint density at radius 1 is 1.35 bits per heavy atom. The summed E-state index contributed by atoms with van der Waals surface area (Å²) in [6.45, 7) is 4.25. The van der Waals surface area contributed by atoms with Crippen LogP contribution in [-0.2, 0) is 16.6 Å². The highest BCUT2D eigenvalue weighted by Crippen LogP contribution is 2.60. The fourth-order valence-electron chi connectivity index (χ4n) is 4.76. The van der Waals surface area contributed by atoms with Crippen LogP contribution < -0.4 is 5.73 Å². The van der Waals surface area contributed by atoms with Crippen molar-refractivity contribution in [1.82, 2.24) is 5.73 Å². The molecule has 2 heteroatoms. The fourth-order valence-corrected chi connectivity index (χ4v) is 4.76. The Morgan fingerprint density at radius 2 is 2.20 bits per heavy atom. The van der Waals surface area contributed by atoms with E-state index in [9.17, 15) is 4.79 Å². The summed E-state index contributed by atoms with van der Waals surface area (Å²) in [6, 6.07) is 6.20. The summed E-state index contributed by atoms with van der Waals surface area (Å²) in [7, 11) is 0. The fraction of sp³-hybridized carbons (Fsp3) is 0.389. The van der Waals surface area contributed by atoms with Gasteiger partial charge in [-0.3, -0.25) is 10.5 Å². The van der Waals surface area contributed by atoms with E-state index in [0.717, 1.165) is 36.8 Å². The predicted octanol–water partition coefficient (Wildman–Crippen LogP) is 3.29. The van der Waals surface area contributed by atoms with Gasteiger partial charge in [0.25, 0.3) is 5.91 Å². The zero-order valence-corrected chi connectivity index (χ0v) is 11.5. The maximum atomic E-state index is 12.4. The molecule has 0 aliphatic heterocycles. The van der Waals surface area contributed by atoms with Crippen molar-refractivity contribution in [3.05, 3.63) is 53.1 Å². The molecule has 0 heterocycles. The number of hydrogen-bond donors (Lipinski definition) is 0. The van der Waals surface area contributed by atoms with Gasteiger partial charge in [-0.15, -0.1) is 0 Å². The maximum Gasteiger partial charge on any atom is 0.253 e. The molecule has 3 unspecified atom stereocenters. The monoisotopic (exact) mass is 264 g/mol. The summed E-state index contributed by atoms with van der Waals surface area (Å²) in [5.41, 5.74) is 11.7. The molecule has 1 radical (unpaired) electrons. The molecule has 3 aliphatic rings. The number of amides is 1. The zero-order valence-electron chi connectivity index (χ0n) is 11.5. The summed E-state index contributed by atoms with van der Waals surface area (Å²) < 4.78 is 0. The van der Waals surface area contributed by atoms with Crippen LogP contribution in [-0.4, -0.2) is 5.91 Å². The van der Waals surface area contributed by atoms with Crippen LogP contribution in [0.3, 0.4) is 0 Å². The van der Waals surface area contributed by atoms with Gasteiger partial charge in [0.2, 0.25) is 0 Å². The van der Waals surface area contributed by atoms with Gasteiger partial charge in [-0.2, -0.15) is 0 Å². The number of carbonyl (C=O) groups is 1. The number of benzene rings is 1. The van der Waals surface area contributed by atoms with Crippen LogP contribution in [0.5, 0.6) is 0 Å². The van der Waals surface area contributed by atoms with Crippen LogP contribution in [0.2, 0.25) is 0 Å². The SMILES string of the molecule is C=C1C2CCC(C2)C1(C([NH])=O)c1cccc2c1C=CC2. The molecule has 1 N–H and O–H groups in total. The lowest BCUT2D eigenvalue weighted by Gasteiger charge is -2.38. The van der Waals surface area contributed by atoms with E-state index in [2.05, 4.69) is 24.8 Å². The number of carbonyl (C=O) groups excluding carboxylic acids is 1. The molecule has 2 nitrogen and oxygen atoms in total. The van der Waals surface area contributed by atoms with Crippen LogP contribution in [0.25, 0.3) is 6.08 Å². The Labute approximate surface area is 119 Å². The Morgan fingerprint density at radius 3 is 2.90 bits per heavy atom. The first kappa shape index (κ1) is 12.0. The van der Waals surface area contributed by atoms with Crippen molar-refractivity contribution in [2.45, 2.75) is 31.1 Å². The largest absolute Gasteiger partial charge is 0.272 e. The molecular formula is C18H18NO. The Balaban J connectivity index is 1.99. The van der Waals surface area contributed by atoms with Crippen LogP contribution in [0, 0.1) is 11.8 Å². The highest BCUT2D eigenvalue weighted by Gasteiger charge is 2.59. The summed E-state index contributed by atoms with van der Waals surface area (Å²) in [4.78, 5) is 12.4. The first-order valence-electron chi connectivity index (χ1n) is 7.40. The maximum absolute atomic E-state index is 12.4. The van der Waals surface area contributed by atoms with Crippen LogP contribution in [0.4, 0.5) is 0 Å². The van der Waals surface area contributed by atoms with E-state index in [1.54, 1.807) is 0 Å². The first-order chi connectivity index (χ1) is 9.65. The molecule has 2 fully saturated rings. The molecule has 0 saturated heterocycles. The standard InChI is InChI=1S/C18H18NO/c1-11-13-8-9-14(10-13)18(11,17(19)20)16-7-3-5-12-4-2-6-15(12)16/h2-3,5-7,13-14,19H,1,4,8-10H2. The topological polar surface area (TPSA) is 40.9 Å². The summed E-state index contributed by atoms with van der Waals surface area (Å²) in [5.74, 6) is 0.268. The molecule has 1 aromatic carbocycles. The van der Waals surface area contributed by atoms with Gasteiger partial charge >= 0.3 is 0 Å². The average molecular weight is 264 g/mol. The van der Waals surface area contributed by atoms with Gasteiger partial charge in [0.15, 0.2) is 0 Å². The van der Waals surface area contributed by atoms with Gasteiger partial charge in [-0.1, -0.05) is 42.5 Å². The predicted molar refractivity (Wildman–Crippen MR) is 78.9 cm³/mol. The molecule has 4 rings (SSSR count). The van der Waals surface area contributed by atoms with Gasteiger partial charge in [0.05, 0.1) is 0 Å². The summed E-state index contributed by atoms with van der Waals surface area (Å²) >= 11 is 0. The number of allylic oxidation sites excluding steroid dienone is 1. The Hall–Kier alpha value is -1.83. The Bertz CT molecular complexity index is 657. The molecule has 0 spiro atoms. The molecule has 3 aliphatic carbocycles. The molecule has 2 bridgehead atoms. The lowest BCUT2D eigenvalue weighted by atomic mass is 9.64. The molecule has 20 heavy (non-hydrogen) atoms. The minimum absolute atomic E-state index is 0.283. The zero-order chi connectivity index (χ0) is 13.9. The molecule has 0 aromatic heterocycles. The smallest absolute Gasteiger partial charge is 0.253 e. The van der Waals surface area contributed by atoms with Crippen molar-refractivity contribution >= 4 is 12.0 Å². The third-order valence-corrected chi connectivity index (χ3v) is 5.65. The van der Waals surface area contributed by atoms with Crippen molar-refractivity contribution < 1.29 is 4.79 Å². The molecule has 2 saturated carbocycles. The van der Waals surface area contributed by atoms with Crippen LogP contribution in [0.1, 0.15) is 36.0 Å². The van der Waals surface area contributed by atoms with Crippen molar-refractivity contribution in [1.29, 1.82) is 0 Å². The third kappa shape index (κ3) is 1.22. The van der Waals surface area contributed by atoms with Gasteiger partial charge in [-0.25, -0.2) is 0 Å². The van der Waals surface area contributed by atoms with E-state index in [0.29, 0.717) is 5.92 Å². The first-order valence-corrected chi connectivity index (χ1v) is 7.40. The van der Waals surface area contributed by atoms with Crippen molar-refractivity contribution in [2.24, 2.45) is 11.8 Å². The average Bonchev–Trinajstić information content (AvgIpc) is 3.12. The number of hydrogen-bond acceptors (Lipinski definition) is 1. The molecule has 3 atom stereocenters. The quantitative estimate of drug-likeness (QED) is 0.756. The van der Waals surface area contributed by atoms with Gasteiger partial charge < -0.3 is 0 Å². The second-order valence-corrected chi connectivity index (χ2v) is 6.35. The van der Waals surface area contributed by atoms with Gasteiger partial charge in [0, 0.05) is 0 Å². The van der Waals surface area contributed by atoms with E-state index in [1.165, 1.54) is 11.1 Å². The van der Waals surface area contributed by atoms with Crippen molar-refractivity contribution in [3.63, 3.8) is 0 Å². The summed E-state index contributed by atoms with van der Waals surface area (Å²) in [5, 5.41) is 0. The van der Waals surface area contributed by atoms with Crippen molar-refractivity contribution in [3.8, 4) is 0 Å². The number of nitrogens with one attached hydrogen (secondary N) is 1. The minimum Gasteiger partial charge on any atom is -0.272 e. The van der Waals surface area contributed by atoms with E-state index in [1.807, 2.05) is 12.1 Å². The van der Waals surface area contributed by atoms with E-state index in [4.69, 9.17) is 5.73 Å². The van der Waals surface area contributed by atoms with E-state index in [-0.39, 0.29) is 5.92 Å². The molecule has 1 aromatic rings. The highest BCUT2D eigenvalue weighted by atomic mass is 16.1. The number of rotatable bonds is 2. The Kier molecular flexibility index (Phi) is 2.30. The van der Waals surface area contributed by atoms with Gasteiger partial charge in [-0.05, 0) is 54.2 Å². The molecular weight excluding hydrogens is 246 g/mol. The molecule has 1 amide bonds. The number of fused-ring (bicyclic) bond motifs is 3. The second kappa shape index (κ2) is 3.85. The molecule has 101 valence electrons. The van der Waals surface area contributed by atoms with Crippen LogP contribution in [0.15, 0.2) is 36.4 Å². The highest BCUT2D eigenvalue weighted by molar-refractivity contribution is 5.93. The van der Waals surface area contributed by atoms with Crippen molar-refractivity contribution in [2.75, 3.05) is 0 Å². The second-order valence-electron chi connectivity index (χ2n) is 6.35. The third-order valence-electron chi connectivity index (χ3n) is 5.65. The lowest BCUT2D eigenvalue weighted by molar-refractivity contribution is -0.124. The minimum atomic E-state index is -0.733. The summed E-state index contributed by atoms with van der Waals surface area (Å²) in [6.07, 6.45) is 8.44. The van der Waals surface area contributed by atoms with Gasteiger partial charge in [0.1, 0.15) is 5.41 Å². The lowest BCUT2D eigenvalue weighted by Crippen LogP contribution is -2.43. The van der Waals surface area contributed by atoms with E-state index < -0.39 is 11.3 Å².